The highest BCUT2D eigenvalue weighted by Crippen LogP contribution is 2.15. The second-order valence-corrected chi connectivity index (χ2v) is 7.59. The minimum absolute atomic E-state index is 0. The third-order valence-corrected chi connectivity index (χ3v) is 5.62. The third-order valence-electron chi connectivity index (χ3n) is 4.49. The highest BCUT2D eigenvalue weighted by atomic mass is 35.5. The molecule has 0 bridgehead atoms. The summed E-state index contributed by atoms with van der Waals surface area (Å²) >= 11 is 1.90. The summed E-state index contributed by atoms with van der Waals surface area (Å²) in [5, 5.41) is 6.37. The smallest absolute Gasteiger partial charge is 0.222 e. The molecular formula is C18H26ClN3O2S. The first-order chi connectivity index (χ1) is 11.7. The van der Waals surface area contributed by atoms with Crippen LogP contribution in [0.4, 0.5) is 0 Å². The van der Waals surface area contributed by atoms with Gasteiger partial charge in [0.25, 0.3) is 0 Å². The van der Waals surface area contributed by atoms with Gasteiger partial charge in [-0.2, -0.15) is 11.8 Å². The van der Waals surface area contributed by atoms with Crippen LogP contribution in [0.3, 0.4) is 0 Å². The topological polar surface area (TPSA) is 61.4 Å². The molecule has 0 radical (unpaired) electrons. The van der Waals surface area contributed by atoms with Gasteiger partial charge in [-0.15, -0.1) is 12.4 Å². The van der Waals surface area contributed by atoms with Gasteiger partial charge in [0, 0.05) is 56.6 Å². The van der Waals surface area contributed by atoms with E-state index in [0.29, 0.717) is 32.0 Å². The van der Waals surface area contributed by atoms with Gasteiger partial charge in [-0.1, -0.05) is 24.3 Å². The molecule has 2 fully saturated rings. The lowest BCUT2D eigenvalue weighted by atomic mass is 10.1. The van der Waals surface area contributed by atoms with Crippen LogP contribution in [0, 0.1) is 0 Å². The van der Waals surface area contributed by atoms with E-state index in [-0.39, 0.29) is 24.2 Å². The maximum atomic E-state index is 12.0. The summed E-state index contributed by atoms with van der Waals surface area (Å²) in [4.78, 5) is 25.6. The quantitative estimate of drug-likeness (QED) is 0.788. The van der Waals surface area contributed by atoms with Crippen LogP contribution in [0.1, 0.15) is 30.4 Å². The number of thioether (sulfide) groups is 1. The lowest BCUT2D eigenvalue weighted by molar-refractivity contribution is -0.128. The Morgan fingerprint density at radius 2 is 2.04 bits per heavy atom. The van der Waals surface area contributed by atoms with E-state index in [0.717, 1.165) is 42.1 Å². The van der Waals surface area contributed by atoms with Gasteiger partial charge in [-0.3, -0.25) is 9.59 Å². The van der Waals surface area contributed by atoms with Crippen LogP contribution in [-0.2, 0) is 22.7 Å². The molecule has 2 heterocycles. The Morgan fingerprint density at radius 3 is 2.68 bits per heavy atom. The number of amides is 2. The monoisotopic (exact) mass is 383 g/mol. The van der Waals surface area contributed by atoms with Crippen molar-refractivity contribution in [1.29, 1.82) is 0 Å². The molecule has 2 N–H and O–H groups in total. The van der Waals surface area contributed by atoms with Gasteiger partial charge in [-0.05, 0) is 17.5 Å². The summed E-state index contributed by atoms with van der Waals surface area (Å²) in [6, 6.07) is 8.46. The largest absolute Gasteiger partial charge is 0.352 e. The third kappa shape index (κ3) is 6.20. The Balaban J connectivity index is 0.00000225. The normalized spacial score (nSPS) is 20.2. The molecule has 2 aliphatic rings. The highest BCUT2D eigenvalue weighted by Gasteiger charge is 2.20. The lowest BCUT2D eigenvalue weighted by Crippen LogP contribution is -2.41. The molecule has 0 aliphatic carbocycles. The number of benzene rings is 1. The number of carbonyl (C=O) groups excluding carboxylic acids is 2. The summed E-state index contributed by atoms with van der Waals surface area (Å²) in [5.41, 5.74) is 2.23. The minimum Gasteiger partial charge on any atom is -0.352 e. The van der Waals surface area contributed by atoms with Gasteiger partial charge in [0.2, 0.25) is 11.8 Å². The molecule has 5 nitrogen and oxygen atoms in total. The van der Waals surface area contributed by atoms with Gasteiger partial charge in [0.05, 0.1) is 0 Å². The van der Waals surface area contributed by atoms with E-state index in [1.165, 1.54) is 0 Å². The molecule has 25 heavy (non-hydrogen) atoms. The Labute approximate surface area is 159 Å². The molecule has 1 aromatic rings. The van der Waals surface area contributed by atoms with Gasteiger partial charge in [-0.25, -0.2) is 0 Å². The Hall–Kier alpha value is -1.24. The molecule has 1 atom stereocenters. The Kier molecular flexibility index (Phi) is 8.06. The molecule has 0 aromatic heterocycles. The number of hydrogen-bond acceptors (Lipinski definition) is 4. The number of halogens is 1. The molecule has 7 heteroatoms. The van der Waals surface area contributed by atoms with Gasteiger partial charge >= 0.3 is 0 Å². The first kappa shape index (κ1) is 20.1. The average Bonchev–Trinajstić information content (AvgIpc) is 3.00. The molecule has 3 rings (SSSR count). The van der Waals surface area contributed by atoms with Gasteiger partial charge in [0.1, 0.15) is 0 Å². The Morgan fingerprint density at radius 1 is 1.28 bits per heavy atom. The van der Waals surface area contributed by atoms with E-state index in [1.54, 1.807) is 0 Å². The summed E-state index contributed by atoms with van der Waals surface area (Å²) in [5.74, 6) is 2.49. The molecule has 2 saturated heterocycles. The first-order valence-electron chi connectivity index (χ1n) is 8.64. The van der Waals surface area contributed by atoms with Crippen molar-refractivity contribution in [1.82, 2.24) is 15.5 Å². The Bertz CT molecular complexity index is 576. The number of carbonyl (C=O) groups is 2. The summed E-state index contributed by atoms with van der Waals surface area (Å²) in [6.07, 6.45) is 2.19. The second kappa shape index (κ2) is 10.0. The van der Waals surface area contributed by atoms with Crippen molar-refractivity contribution in [3.63, 3.8) is 0 Å². The van der Waals surface area contributed by atoms with Crippen molar-refractivity contribution in [3.8, 4) is 0 Å². The predicted molar refractivity (Wildman–Crippen MR) is 104 cm³/mol. The fourth-order valence-electron chi connectivity index (χ4n) is 3.10. The van der Waals surface area contributed by atoms with E-state index < -0.39 is 0 Å². The molecule has 0 saturated carbocycles. The SMILES string of the molecule is Cl.O=C(CC1CSCCN1)NCc1ccc(CN2CCCC2=O)cc1. The van der Waals surface area contributed by atoms with Crippen molar-refractivity contribution >= 4 is 36.0 Å². The van der Waals surface area contributed by atoms with E-state index in [9.17, 15) is 9.59 Å². The zero-order chi connectivity index (χ0) is 16.8. The maximum Gasteiger partial charge on any atom is 0.222 e. The molecule has 1 aromatic carbocycles. The fourth-order valence-corrected chi connectivity index (χ4v) is 4.05. The lowest BCUT2D eigenvalue weighted by Gasteiger charge is -2.22. The molecule has 2 amide bonds. The molecule has 138 valence electrons. The molecule has 0 spiro atoms. The molecular weight excluding hydrogens is 358 g/mol. The van der Waals surface area contributed by atoms with Crippen molar-refractivity contribution in [2.45, 2.75) is 38.4 Å². The van der Waals surface area contributed by atoms with Gasteiger partial charge < -0.3 is 15.5 Å². The van der Waals surface area contributed by atoms with Crippen LogP contribution >= 0.6 is 24.2 Å². The van der Waals surface area contributed by atoms with Crippen LogP contribution in [0.25, 0.3) is 0 Å². The predicted octanol–water partition coefficient (Wildman–Crippen LogP) is 1.94. The van der Waals surface area contributed by atoms with Crippen LogP contribution < -0.4 is 10.6 Å². The standard InChI is InChI=1S/C18H25N3O2S.ClH/c22-17(10-16-13-24-9-7-19-16)20-11-14-3-5-15(6-4-14)12-21-8-1-2-18(21)23;/h3-6,16,19H,1-2,7-13H2,(H,20,22);1H. The molecule has 1 unspecified atom stereocenters. The minimum atomic E-state index is 0. The van der Waals surface area contributed by atoms with Crippen molar-refractivity contribution in [2.75, 3.05) is 24.6 Å². The zero-order valence-electron chi connectivity index (χ0n) is 14.3. The summed E-state index contributed by atoms with van der Waals surface area (Å²) in [6.45, 7) is 3.10. The molecule has 2 aliphatic heterocycles. The number of rotatable bonds is 6. The number of hydrogen-bond donors (Lipinski definition) is 2. The number of nitrogens with zero attached hydrogens (tertiary/aromatic N) is 1. The van der Waals surface area contributed by atoms with Crippen LogP contribution in [-0.4, -0.2) is 47.4 Å². The van der Waals surface area contributed by atoms with Crippen molar-refractivity contribution in [3.05, 3.63) is 35.4 Å². The van der Waals surface area contributed by atoms with Crippen LogP contribution in [0.15, 0.2) is 24.3 Å². The first-order valence-corrected chi connectivity index (χ1v) is 9.79. The second-order valence-electron chi connectivity index (χ2n) is 6.44. The maximum absolute atomic E-state index is 12.0. The van der Waals surface area contributed by atoms with E-state index in [1.807, 2.05) is 40.9 Å². The zero-order valence-corrected chi connectivity index (χ0v) is 16.0. The summed E-state index contributed by atoms with van der Waals surface area (Å²) in [7, 11) is 0. The van der Waals surface area contributed by atoms with Crippen molar-refractivity contribution < 1.29 is 9.59 Å². The fraction of sp³-hybridized carbons (Fsp3) is 0.556. The number of nitrogens with one attached hydrogen (secondary N) is 2. The number of likely N-dealkylation sites (tertiary alicyclic amines) is 1. The van der Waals surface area contributed by atoms with Crippen molar-refractivity contribution in [2.24, 2.45) is 0 Å². The van der Waals surface area contributed by atoms with Gasteiger partial charge in [0.15, 0.2) is 0 Å². The summed E-state index contributed by atoms with van der Waals surface area (Å²) < 4.78 is 0. The van der Waals surface area contributed by atoms with Crippen LogP contribution in [0.5, 0.6) is 0 Å². The van der Waals surface area contributed by atoms with E-state index >= 15 is 0 Å². The van der Waals surface area contributed by atoms with E-state index in [2.05, 4.69) is 10.6 Å². The van der Waals surface area contributed by atoms with E-state index in [4.69, 9.17) is 0 Å². The highest BCUT2D eigenvalue weighted by molar-refractivity contribution is 7.99. The van der Waals surface area contributed by atoms with Crippen LogP contribution in [0.2, 0.25) is 0 Å². The average molecular weight is 384 g/mol.